The highest BCUT2D eigenvalue weighted by atomic mass is 14.1. The third-order valence-electron chi connectivity index (χ3n) is 5.30. The van der Waals surface area contributed by atoms with Crippen molar-refractivity contribution in [2.24, 2.45) is 11.8 Å². The first-order valence-electron chi connectivity index (χ1n) is 10.7. The molecule has 0 aromatic rings. The molecule has 0 aliphatic carbocycles. The molecular weight excluding hydrogens is 264 g/mol. The molecule has 0 aromatic heterocycles. The predicted octanol–water partition coefficient (Wildman–Crippen LogP) is 8.54. The van der Waals surface area contributed by atoms with E-state index in [0.29, 0.717) is 0 Å². The second-order valence-electron chi connectivity index (χ2n) is 7.90. The number of rotatable bonds is 17. The van der Waals surface area contributed by atoms with Gasteiger partial charge in [0.1, 0.15) is 0 Å². The van der Waals surface area contributed by atoms with Crippen LogP contribution >= 0.6 is 0 Å². The van der Waals surface area contributed by atoms with Gasteiger partial charge < -0.3 is 0 Å². The molecule has 0 radical (unpaired) electrons. The van der Waals surface area contributed by atoms with Crippen molar-refractivity contribution in [1.29, 1.82) is 0 Å². The Labute approximate surface area is 142 Å². The summed E-state index contributed by atoms with van der Waals surface area (Å²) in [4.78, 5) is 0. The van der Waals surface area contributed by atoms with Crippen LogP contribution in [-0.4, -0.2) is 0 Å². The molecule has 0 bridgehead atoms. The lowest BCUT2D eigenvalue weighted by atomic mass is 9.95. The Morgan fingerprint density at radius 2 is 0.773 bits per heavy atom. The summed E-state index contributed by atoms with van der Waals surface area (Å²) < 4.78 is 0. The van der Waals surface area contributed by atoms with E-state index in [1.807, 2.05) is 0 Å². The van der Waals surface area contributed by atoms with Crippen LogP contribution in [0.25, 0.3) is 0 Å². The van der Waals surface area contributed by atoms with Gasteiger partial charge in [-0.3, -0.25) is 0 Å². The van der Waals surface area contributed by atoms with E-state index in [2.05, 4.69) is 27.7 Å². The van der Waals surface area contributed by atoms with Crippen molar-refractivity contribution in [2.45, 2.75) is 130 Å². The van der Waals surface area contributed by atoms with Crippen molar-refractivity contribution in [3.63, 3.8) is 0 Å². The largest absolute Gasteiger partial charge is 0.0651 e. The van der Waals surface area contributed by atoms with Gasteiger partial charge in [0.2, 0.25) is 0 Å². The Morgan fingerprint density at radius 1 is 0.455 bits per heavy atom. The summed E-state index contributed by atoms with van der Waals surface area (Å²) >= 11 is 0. The summed E-state index contributed by atoms with van der Waals surface area (Å²) in [5.41, 5.74) is 0. The molecule has 0 aliphatic rings. The molecule has 0 aromatic carbocycles. The van der Waals surface area contributed by atoms with Crippen molar-refractivity contribution in [3.8, 4) is 0 Å². The summed E-state index contributed by atoms with van der Waals surface area (Å²) in [6.07, 6.45) is 23.4. The molecule has 0 heterocycles. The predicted molar refractivity (Wildman–Crippen MR) is 104 cm³/mol. The van der Waals surface area contributed by atoms with Gasteiger partial charge in [0, 0.05) is 0 Å². The SMILES string of the molecule is CCC(CC)CCCCCCCCCCCCCCC(C)C. The first kappa shape index (κ1) is 22.0. The zero-order chi connectivity index (χ0) is 16.5. The minimum atomic E-state index is 0.898. The van der Waals surface area contributed by atoms with Crippen LogP contribution in [0.2, 0.25) is 0 Å². The standard InChI is InChI=1S/C22H46/c1-5-22(6-2)20-18-16-14-12-10-8-7-9-11-13-15-17-19-21(3)4/h21-22H,5-20H2,1-4H3. The molecule has 22 heavy (non-hydrogen) atoms. The topological polar surface area (TPSA) is 0 Å². The average molecular weight is 311 g/mol. The van der Waals surface area contributed by atoms with E-state index in [-0.39, 0.29) is 0 Å². The lowest BCUT2D eigenvalue weighted by Gasteiger charge is -2.11. The summed E-state index contributed by atoms with van der Waals surface area (Å²) in [6, 6.07) is 0. The smallest absolute Gasteiger partial charge is 0.0420 e. The summed E-state index contributed by atoms with van der Waals surface area (Å²) in [5.74, 6) is 1.90. The average Bonchev–Trinajstić information content (AvgIpc) is 2.51. The number of hydrogen-bond donors (Lipinski definition) is 0. The minimum absolute atomic E-state index is 0.898. The molecule has 0 heteroatoms. The van der Waals surface area contributed by atoms with Crippen molar-refractivity contribution in [3.05, 3.63) is 0 Å². The van der Waals surface area contributed by atoms with Crippen LogP contribution < -0.4 is 0 Å². The van der Waals surface area contributed by atoms with Gasteiger partial charge in [-0.25, -0.2) is 0 Å². The molecule has 0 rings (SSSR count). The Bertz CT molecular complexity index is 190. The van der Waals surface area contributed by atoms with E-state index >= 15 is 0 Å². The minimum Gasteiger partial charge on any atom is -0.0651 e. The van der Waals surface area contributed by atoms with Crippen LogP contribution in [0.1, 0.15) is 130 Å². The second-order valence-corrected chi connectivity index (χ2v) is 7.90. The highest BCUT2D eigenvalue weighted by Gasteiger charge is 2.02. The molecule has 0 atom stereocenters. The molecule has 0 spiro atoms. The molecule has 0 N–H and O–H groups in total. The molecule has 0 amide bonds. The molecule has 0 saturated heterocycles. The highest BCUT2D eigenvalue weighted by Crippen LogP contribution is 2.18. The van der Waals surface area contributed by atoms with Gasteiger partial charge >= 0.3 is 0 Å². The van der Waals surface area contributed by atoms with Crippen LogP contribution in [-0.2, 0) is 0 Å². The molecule has 0 aliphatic heterocycles. The van der Waals surface area contributed by atoms with E-state index in [1.54, 1.807) is 0 Å². The fourth-order valence-corrected chi connectivity index (χ4v) is 3.45. The lowest BCUT2D eigenvalue weighted by molar-refractivity contribution is 0.426. The van der Waals surface area contributed by atoms with E-state index < -0.39 is 0 Å². The molecule has 0 unspecified atom stereocenters. The fraction of sp³-hybridized carbons (Fsp3) is 1.00. The van der Waals surface area contributed by atoms with Gasteiger partial charge in [0.15, 0.2) is 0 Å². The zero-order valence-corrected chi connectivity index (χ0v) is 16.5. The third-order valence-corrected chi connectivity index (χ3v) is 5.30. The van der Waals surface area contributed by atoms with Crippen molar-refractivity contribution in [2.75, 3.05) is 0 Å². The highest BCUT2D eigenvalue weighted by molar-refractivity contribution is 4.55. The molecule has 134 valence electrons. The summed E-state index contributed by atoms with van der Waals surface area (Å²) in [6.45, 7) is 9.37. The maximum atomic E-state index is 2.35. The number of unbranched alkanes of at least 4 members (excludes halogenated alkanes) is 11. The van der Waals surface area contributed by atoms with E-state index in [1.165, 1.54) is 103 Å². The summed E-state index contributed by atoms with van der Waals surface area (Å²) in [7, 11) is 0. The maximum absolute atomic E-state index is 2.35. The monoisotopic (exact) mass is 310 g/mol. The normalized spacial score (nSPS) is 11.7. The van der Waals surface area contributed by atoms with Crippen molar-refractivity contribution in [1.82, 2.24) is 0 Å². The first-order valence-corrected chi connectivity index (χ1v) is 10.7. The Balaban J connectivity index is 3.05. The van der Waals surface area contributed by atoms with Crippen LogP contribution in [0.15, 0.2) is 0 Å². The van der Waals surface area contributed by atoms with E-state index in [9.17, 15) is 0 Å². The quantitative estimate of drug-likeness (QED) is 0.236. The molecule has 0 saturated carbocycles. The van der Waals surface area contributed by atoms with Crippen LogP contribution in [0.5, 0.6) is 0 Å². The van der Waals surface area contributed by atoms with Gasteiger partial charge in [0.25, 0.3) is 0 Å². The first-order chi connectivity index (χ1) is 10.7. The number of hydrogen-bond acceptors (Lipinski definition) is 0. The Morgan fingerprint density at radius 3 is 1.09 bits per heavy atom. The van der Waals surface area contributed by atoms with Crippen LogP contribution in [0.4, 0.5) is 0 Å². The molecule has 0 nitrogen and oxygen atoms in total. The van der Waals surface area contributed by atoms with Gasteiger partial charge in [-0.2, -0.15) is 0 Å². The van der Waals surface area contributed by atoms with Crippen molar-refractivity contribution >= 4 is 0 Å². The van der Waals surface area contributed by atoms with Gasteiger partial charge in [-0.15, -0.1) is 0 Å². The Kier molecular flexibility index (Phi) is 17.4. The van der Waals surface area contributed by atoms with Gasteiger partial charge in [0.05, 0.1) is 0 Å². The second kappa shape index (κ2) is 17.4. The lowest BCUT2D eigenvalue weighted by Crippen LogP contribution is -1.96. The molecular formula is C22H46. The van der Waals surface area contributed by atoms with Crippen molar-refractivity contribution < 1.29 is 0 Å². The van der Waals surface area contributed by atoms with Crippen LogP contribution in [0, 0.1) is 11.8 Å². The third kappa shape index (κ3) is 16.4. The van der Waals surface area contributed by atoms with E-state index in [0.717, 1.165) is 11.8 Å². The van der Waals surface area contributed by atoms with E-state index in [4.69, 9.17) is 0 Å². The Hall–Kier alpha value is 0. The maximum Gasteiger partial charge on any atom is -0.0420 e. The van der Waals surface area contributed by atoms with Crippen LogP contribution in [0.3, 0.4) is 0 Å². The fourth-order valence-electron chi connectivity index (χ4n) is 3.45. The zero-order valence-electron chi connectivity index (χ0n) is 16.5. The van der Waals surface area contributed by atoms with Gasteiger partial charge in [-0.1, -0.05) is 130 Å². The molecule has 0 fully saturated rings. The van der Waals surface area contributed by atoms with Gasteiger partial charge in [-0.05, 0) is 11.8 Å². The summed E-state index contributed by atoms with van der Waals surface area (Å²) in [5, 5.41) is 0.